The normalized spacial score (nSPS) is 10.5. The molecule has 1 heterocycles. The number of aliphatic hydroxyl groups is 1. The average Bonchev–Trinajstić information content (AvgIpc) is 2.63. The molecule has 15 heavy (non-hydrogen) atoms. The van der Waals surface area contributed by atoms with Gasteiger partial charge in [-0.05, 0) is 6.92 Å². The molecule has 2 rings (SSSR count). The van der Waals surface area contributed by atoms with Gasteiger partial charge in [-0.3, -0.25) is 0 Å². The maximum atomic E-state index is 8.96. The smallest absolute Gasteiger partial charge is 0.170 e. The van der Waals surface area contributed by atoms with Gasteiger partial charge in [0.2, 0.25) is 0 Å². The highest BCUT2D eigenvalue weighted by atomic mass is 16.5. The van der Waals surface area contributed by atoms with Crippen molar-refractivity contribution in [3.05, 3.63) is 41.6 Å². The summed E-state index contributed by atoms with van der Waals surface area (Å²) in [7, 11) is 0. The van der Waals surface area contributed by atoms with Gasteiger partial charge in [-0.15, -0.1) is 0 Å². The standard InChI is InChI=1S/C12H13NO2/c1-9-11(7-8-14)12(15-13-9)10-5-3-2-4-6-10/h2-6,14H,7-8H2,1H3. The van der Waals surface area contributed by atoms with Gasteiger partial charge in [-0.2, -0.15) is 0 Å². The van der Waals surface area contributed by atoms with Crippen LogP contribution in [-0.4, -0.2) is 16.9 Å². The molecule has 0 atom stereocenters. The first-order valence-electron chi connectivity index (χ1n) is 4.94. The molecule has 0 aliphatic heterocycles. The molecule has 0 fully saturated rings. The molecule has 0 radical (unpaired) electrons. The third kappa shape index (κ3) is 1.92. The van der Waals surface area contributed by atoms with Crippen molar-refractivity contribution in [3.63, 3.8) is 0 Å². The summed E-state index contributed by atoms with van der Waals surface area (Å²) in [6, 6.07) is 9.81. The number of hydrogen-bond acceptors (Lipinski definition) is 3. The molecule has 3 nitrogen and oxygen atoms in total. The Labute approximate surface area is 88.3 Å². The minimum atomic E-state index is 0.113. The van der Waals surface area contributed by atoms with E-state index in [1.807, 2.05) is 37.3 Å². The topological polar surface area (TPSA) is 46.3 Å². The van der Waals surface area contributed by atoms with Crippen LogP contribution in [0.25, 0.3) is 11.3 Å². The molecule has 0 aliphatic rings. The average molecular weight is 203 g/mol. The van der Waals surface area contributed by atoms with Crippen molar-refractivity contribution in [2.24, 2.45) is 0 Å². The number of hydrogen-bond donors (Lipinski definition) is 1. The van der Waals surface area contributed by atoms with Crippen molar-refractivity contribution in [1.29, 1.82) is 0 Å². The highest BCUT2D eigenvalue weighted by Gasteiger charge is 2.13. The first-order valence-corrected chi connectivity index (χ1v) is 4.94. The summed E-state index contributed by atoms with van der Waals surface area (Å²) in [5, 5.41) is 12.9. The van der Waals surface area contributed by atoms with E-state index < -0.39 is 0 Å². The second-order valence-corrected chi connectivity index (χ2v) is 3.42. The van der Waals surface area contributed by atoms with Gasteiger partial charge in [-0.25, -0.2) is 0 Å². The molecule has 1 N–H and O–H groups in total. The molecule has 0 amide bonds. The molecule has 0 unspecified atom stereocenters. The molecule has 1 aromatic heterocycles. The fraction of sp³-hybridized carbons (Fsp3) is 0.250. The Hall–Kier alpha value is -1.61. The van der Waals surface area contributed by atoms with Crippen molar-refractivity contribution < 1.29 is 9.63 Å². The first-order chi connectivity index (χ1) is 7.33. The molecule has 0 aliphatic carbocycles. The Kier molecular flexibility index (Phi) is 2.83. The first kappa shape index (κ1) is 9.93. The van der Waals surface area contributed by atoms with E-state index in [0.29, 0.717) is 6.42 Å². The summed E-state index contributed by atoms with van der Waals surface area (Å²) < 4.78 is 5.27. The van der Waals surface area contributed by atoms with E-state index >= 15 is 0 Å². The van der Waals surface area contributed by atoms with Gasteiger partial charge in [0.1, 0.15) is 0 Å². The van der Waals surface area contributed by atoms with Crippen LogP contribution in [0, 0.1) is 6.92 Å². The van der Waals surface area contributed by atoms with Gasteiger partial charge < -0.3 is 9.63 Å². The van der Waals surface area contributed by atoms with Crippen molar-refractivity contribution in [2.45, 2.75) is 13.3 Å². The number of aromatic nitrogens is 1. The second-order valence-electron chi connectivity index (χ2n) is 3.42. The summed E-state index contributed by atoms with van der Waals surface area (Å²) in [5.74, 6) is 0.766. The Morgan fingerprint density at radius 2 is 2.00 bits per heavy atom. The van der Waals surface area contributed by atoms with Crippen molar-refractivity contribution in [2.75, 3.05) is 6.61 Å². The van der Waals surface area contributed by atoms with Gasteiger partial charge in [-0.1, -0.05) is 35.5 Å². The highest BCUT2D eigenvalue weighted by molar-refractivity contribution is 5.61. The number of benzene rings is 1. The minimum absolute atomic E-state index is 0.113. The maximum absolute atomic E-state index is 8.96. The van der Waals surface area contributed by atoms with Gasteiger partial charge in [0.25, 0.3) is 0 Å². The van der Waals surface area contributed by atoms with Crippen LogP contribution in [0.4, 0.5) is 0 Å². The van der Waals surface area contributed by atoms with Crippen LogP contribution < -0.4 is 0 Å². The predicted molar refractivity (Wildman–Crippen MR) is 57.5 cm³/mol. The van der Waals surface area contributed by atoms with E-state index in [4.69, 9.17) is 9.63 Å². The number of rotatable bonds is 3. The quantitative estimate of drug-likeness (QED) is 0.831. The molecule has 0 saturated heterocycles. The summed E-state index contributed by atoms with van der Waals surface area (Å²) in [4.78, 5) is 0. The number of nitrogens with zero attached hydrogens (tertiary/aromatic N) is 1. The molecule has 3 heteroatoms. The lowest BCUT2D eigenvalue weighted by Gasteiger charge is -1.99. The van der Waals surface area contributed by atoms with Gasteiger partial charge in [0.15, 0.2) is 5.76 Å². The minimum Gasteiger partial charge on any atom is -0.396 e. The van der Waals surface area contributed by atoms with E-state index in [0.717, 1.165) is 22.6 Å². The van der Waals surface area contributed by atoms with Crippen LogP contribution in [0.2, 0.25) is 0 Å². The Bertz CT molecular complexity index is 434. The zero-order chi connectivity index (χ0) is 10.7. The van der Waals surface area contributed by atoms with Crippen LogP contribution in [0.5, 0.6) is 0 Å². The van der Waals surface area contributed by atoms with Gasteiger partial charge >= 0.3 is 0 Å². The van der Waals surface area contributed by atoms with Crippen LogP contribution in [0.15, 0.2) is 34.9 Å². The van der Waals surface area contributed by atoms with Crippen molar-refractivity contribution >= 4 is 0 Å². The number of aliphatic hydroxyl groups excluding tert-OH is 1. The summed E-state index contributed by atoms with van der Waals surface area (Å²) in [6.45, 7) is 2.00. The zero-order valence-electron chi connectivity index (χ0n) is 8.60. The third-order valence-corrected chi connectivity index (χ3v) is 2.38. The lowest BCUT2D eigenvalue weighted by molar-refractivity contribution is 0.299. The lowest BCUT2D eigenvalue weighted by atomic mass is 10.1. The predicted octanol–water partition coefficient (Wildman–Crippen LogP) is 2.18. The van der Waals surface area contributed by atoms with E-state index in [9.17, 15) is 0 Å². The van der Waals surface area contributed by atoms with Crippen molar-refractivity contribution in [3.8, 4) is 11.3 Å². The highest BCUT2D eigenvalue weighted by Crippen LogP contribution is 2.25. The largest absolute Gasteiger partial charge is 0.396 e. The van der Waals surface area contributed by atoms with Crippen molar-refractivity contribution in [1.82, 2.24) is 5.16 Å². The molecule has 78 valence electrons. The number of aryl methyl sites for hydroxylation is 1. The molecular formula is C12H13NO2. The molecule has 0 saturated carbocycles. The monoisotopic (exact) mass is 203 g/mol. The lowest BCUT2D eigenvalue weighted by Crippen LogP contribution is -1.93. The summed E-state index contributed by atoms with van der Waals surface area (Å²) in [5.41, 5.74) is 2.84. The molecule has 1 aromatic carbocycles. The Morgan fingerprint density at radius 3 is 2.67 bits per heavy atom. The fourth-order valence-corrected chi connectivity index (χ4v) is 1.61. The van der Waals surface area contributed by atoms with E-state index in [-0.39, 0.29) is 6.61 Å². The Morgan fingerprint density at radius 1 is 1.27 bits per heavy atom. The van der Waals surface area contributed by atoms with Crippen LogP contribution in [-0.2, 0) is 6.42 Å². The van der Waals surface area contributed by atoms with E-state index in [2.05, 4.69) is 5.16 Å². The van der Waals surface area contributed by atoms with Gasteiger partial charge in [0.05, 0.1) is 5.69 Å². The molecule has 0 bridgehead atoms. The SMILES string of the molecule is Cc1noc(-c2ccccc2)c1CCO. The van der Waals surface area contributed by atoms with E-state index in [1.165, 1.54) is 0 Å². The second kappa shape index (κ2) is 4.28. The van der Waals surface area contributed by atoms with Crippen LogP contribution >= 0.6 is 0 Å². The van der Waals surface area contributed by atoms with E-state index in [1.54, 1.807) is 0 Å². The summed E-state index contributed by atoms with van der Waals surface area (Å²) in [6.07, 6.45) is 0.583. The molecular weight excluding hydrogens is 190 g/mol. The third-order valence-electron chi connectivity index (χ3n) is 2.38. The van der Waals surface area contributed by atoms with Crippen LogP contribution in [0.1, 0.15) is 11.3 Å². The molecule has 2 aromatic rings. The van der Waals surface area contributed by atoms with Crippen LogP contribution in [0.3, 0.4) is 0 Å². The zero-order valence-corrected chi connectivity index (χ0v) is 8.60. The molecule has 0 spiro atoms. The fourth-order valence-electron chi connectivity index (χ4n) is 1.61. The maximum Gasteiger partial charge on any atom is 0.170 e. The Balaban J connectivity index is 2.44. The van der Waals surface area contributed by atoms with Gasteiger partial charge in [0, 0.05) is 24.2 Å². The summed E-state index contributed by atoms with van der Waals surface area (Å²) >= 11 is 0.